The number of aryl methyl sites for hydroxylation is 1. The van der Waals surface area contributed by atoms with Crippen molar-refractivity contribution < 1.29 is 9.13 Å². The number of ether oxygens (including phenoxy) is 1. The number of hydrogen-bond donors (Lipinski definition) is 1. The molecular weight excluding hydrogens is 447 g/mol. The van der Waals surface area contributed by atoms with Crippen LogP contribution in [-0.4, -0.2) is 20.6 Å². The SMILES string of the molecule is CC(CCCn1cnc2cnc3ccc(Br)cc3c21)Oc1ccc(F)cc1C(C)N. The van der Waals surface area contributed by atoms with E-state index in [1.807, 2.05) is 38.5 Å². The Morgan fingerprint density at radius 2 is 1.97 bits per heavy atom. The largest absolute Gasteiger partial charge is 0.490 e. The molecule has 0 bridgehead atoms. The fraction of sp³-hybridized carbons (Fsp3) is 0.304. The second-order valence-electron chi connectivity index (χ2n) is 7.63. The van der Waals surface area contributed by atoms with Gasteiger partial charge in [0.15, 0.2) is 0 Å². The summed E-state index contributed by atoms with van der Waals surface area (Å²) in [5.74, 6) is 0.344. The third-order valence-electron chi connectivity index (χ3n) is 5.21. The first-order valence-electron chi connectivity index (χ1n) is 10.0. The molecule has 156 valence electrons. The Morgan fingerprint density at radius 1 is 1.13 bits per heavy atom. The van der Waals surface area contributed by atoms with E-state index in [9.17, 15) is 4.39 Å². The lowest BCUT2D eigenvalue weighted by atomic mass is 10.1. The van der Waals surface area contributed by atoms with Gasteiger partial charge in [0.1, 0.15) is 17.1 Å². The number of benzene rings is 2. The van der Waals surface area contributed by atoms with Crippen molar-refractivity contribution >= 4 is 37.9 Å². The lowest BCUT2D eigenvalue weighted by Crippen LogP contribution is -2.16. The molecule has 4 aromatic rings. The summed E-state index contributed by atoms with van der Waals surface area (Å²) < 4.78 is 22.8. The van der Waals surface area contributed by atoms with Crippen LogP contribution in [0.4, 0.5) is 4.39 Å². The summed E-state index contributed by atoms with van der Waals surface area (Å²) in [6.07, 6.45) is 5.43. The highest BCUT2D eigenvalue weighted by atomic mass is 79.9. The van der Waals surface area contributed by atoms with Crippen LogP contribution in [0, 0.1) is 5.82 Å². The monoisotopic (exact) mass is 470 g/mol. The number of fused-ring (bicyclic) bond motifs is 3. The molecule has 2 heterocycles. The van der Waals surface area contributed by atoms with Gasteiger partial charge >= 0.3 is 0 Å². The molecule has 0 fully saturated rings. The number of pyridine rings is 1. The maximum Gasteiger partial charge on any atom is 0.124 e. The number of aromatic nitrogens is 3. The van der Waals surface area contributed by atoms with Crippen molar-refractivity contribution in [2.24, 2.45) is 5.73 Å². The molecule has 0 saturated carbocycles. The molecule has 0 amide bonds. The molecule has 2 aromatic carbocycles. The quantitative estimate of drug-likeness (QED) is 0.373. The first-order valence-corrected chi connectivity index (χ1v) is 10.8. The minimum atomic E-state index is -0.303. The Morgan fingerprint density at radius 3 is 2.77 bits per heavy atom. The van der Waals surface area contributed by atoms with Crippen LogP contribution >= 0.6 is 15.9 Å². The van der Waals surface area contributed by atoms with Gasteiger partial charge < -0.3 is 15.0 Å². The Balaban J connectivity index is 1.46. The van der Waals surface area contributed by atoms with E-state index < -0.39 is 0 Å². The molecule has 0 aliphatic rings. The van der Waals surface area contributed by atoms with E-state index in [0.717, 1.165) is 45.8 Å². The number of hydrogen-bond acceptors (Lipinski definition) is 4. The molecule has 0 aliphatic heterocycles. The fourth-order valence-electron chi connectivity index (χ4n) is 3.70. The van der Waals surface area contributed by atoms with E-state index >= 15 is 0 Å². The number of nitrogens with zero attached hydrogens (tertiary/aromatic N) is 3. The molecule has 2 N–H and O–H groups in total. The molecule has 5 nitrogen and oxygen atoms in total. The third-order valence-corrected chi connectivity index (χ3v) is 5.70. The molecule has 4 rings (SSSR count). The molecule has 0 aliphatic carbocycles. The number of nitrogens with two attached hydrogens (primary N) is 1. The summed E-state index contributed by atoms with van der Waals surface area (Å²) in [4.78, 5) is 9.00. The summed E-state index contributed by atoms with van der Waals surface area (Å²) in [5, 5.41) is 1.08. The van der Waals surface area contributed by atoms with E-state index in [2.05, 4.69) is 36.5 Å². The topological polar surface area (TPSA) is 66.0 Å². The van der Waals surface area contributed by atoms with Gasteiger partial charge in [-0.15, -0.1) is 0 Å². The summed E-state index contributed by atoms with van der Waals surface area (Å²) >= 11 is 3.55. The van der Waals surface area contributed by atoms with E-state index in [-0.39, 0.29) is 18.0 Å². The van der Waals surface area contributed by atoms with E-state index in [1.54, 1.807) is 6.07 Å². The molecule has 0 saturated heterocycles. The lowest BCUT2D eigenvalue weighted by molar-refractivity contribution is 0.202. The van der Waals surface area contributed by atoms with Gasteiger partial charge in [0.2, 0.25) is 0 Å². The van der Waals surface area contributed by atoms with Crippen LogP contribution in [0.5, 0.6) is 5.75 Å². The van der Waals surface area contributed by atoms with Crippen molar-refractivity contribution in [3.63, 3.8) is 0 Å². The summed E-state index contributed by atoms with van der Waals surface area (Å²) in [7, 11) is 0. The Kier molecular flexibility index (Phi) is 6.01. The van der Waals surface area contributed by atoms with Gasteiger partial charge in [-0.05, 0) is 63.1 Å². The molecule has 2 atom stereocenters. The van der Waals surface area contributed by atoms with Crippen LogP contribution in [-0.2, 0) is 6.54 Å². The first kappa shape index (κ1) is 20.8. The summed E-state index contributed by atoms with van der Waals surface area (Å²) in [5.41, 5.74) is 9.58. The zero-order chi connectivity index (χ0) is 21.3. The van der Waals surface area contributed by atoms with Gasteiger partial charge in [-0.25, -0.2) is 9.37 Å². The molecule has 30 heavy (non-hydrogen) atoms. The van der Waals surface area contributed by atoms with Crippen molar-refractivity contribution in [3.8, 4) is 5.75 Å². The predicted octanol–water partition coefficient (Wildman–Crippen LogP) is 5.75. The van der Waals surface area contributed by atoms with Crippen LogP contribution < -0.4 is 10.5 Å². The number of halogens is 2. The normalized spacial score (nSPS) is 13.6. The highest BCUT2D eigenvalue weighted by Gasteiger charge is 2.14. The highest BCUT2D eigenvalue weighted by molar-refractivity contribution is 9.10. The van der Waals surface area contributed by atoms with E-state index in [0.29, 0.717) is 11.3 Å². The van der Waals surface area contributed by atoms with Crippen LogP contribution in [0.3, 0.4) is 0 Å². The fourth-order valence-corrected chi connectivity index (χ4v) is 4.06. The van der Waals surface area contributed by atoms with Crippen molar-refractivity contribution in [3.05, 3.63) is 64.8 Å². The van der Waals surface area contributed by atoms with Crippen LogP contribution in [0.15, 0.2) is 53.4 Å². The van der Waals surface area contributed by atoms with E-state index in [4.69, 9.17) is 10.5 Å². The summed E-state index contributed by atoms with van der Waals surface area (Å²) in [6, 6.07) is 10.3. The van der Waals surface area contributed by atoms with Crippen LogP contribution in [0.2, 0.25) is 0 Å². The molecule has 7 heteroatoms. The number of imidazole rings is 1. The average Bonchev–Trinajstić information content (AvgIpc) is 3.12. The second-order valence-corrected chi connectivity index (χ2v) is 8.55. The van der Waals surface area contributed by atoms with Gasteiger partial charge in [-0.2, -0.15) is 0 Å². The van der Waals surface area contributed by atoms with Gasteiger partial charge in [0.25, 0.3) is 0 Å². The first-order chi connectivity index (χ1) is 14.4. The van der Waals surface area contributed by atoms with Crippen molar-refractivity contribution in [2.45, 2.75) is 45.4 Å². The minimum Gasteiger partial charge on any atom is -0.490 e. The average molecular weight is 471 g/mol. The second kappa shape index (κ2) is 8.70. The summed E-state index contributed by atoms with van der Waals surface area (Å²) in [6.45, 7) is 4.67. The predicted molar refractivity (Wildman–Crippen MR) is 121 cm³/mol. The van der Waals surface area contributed by atoms with Gasteiger partial charge in [0.05, 0.1) is 29.7 Å². The smallest absolute Gasteiger partial charge is 0.124 e. The zero-order valence-corrected chi connectivity index (χ0v) is 18.6. The zero-order valence-electron chi connectivity index (χ0n) is 17.0. The van der Waals surface area contributed by atoms with Gasteiger partial charge in [-0.3, -0.25) is 4.98 Å². The van der Waals surface area contributed by atoms with E-state index in [1.165, 1.54) is 12.1 Å². The van der Waals surface area contributed by atoms with Gasteiger partial charge in [0, 0.05) is 28.0 Å². The lowest BCUT2D eigenvalue weighted by Gasteiger charge is -2.19. The maximum absolute atomic E-state index is 13.5. The molecule has 2 unspecified atom stereocenters. The Bertz CT molecular complexity index is 1190. The maximum atomic E-state index is 13.5. The molecule has 0 spiro atoms. The Hall–Kier alpha value is -2.51. The molecule has 2 aromatic heterocycles. The molecule has 0 radical (unpaired) electrons. The Labute approximate surface area is 183 Å². The van der Waals surface area contributed by atoms with Crippen molar-refractivity contribution in [2.75, 3.05) is 0 Å². The third kappa shape index (κ3) is 4.32. The standard InChI is InChI=1S/C23H24BrFN4O/c1-14(30-22-8-6-17(25)11-18(22)15(2)26)4-3-9-29-13-28-21-12-27-20-7-5-16(24)10-19(20)23(21)29/h5-8,10-15H,3-4,9,26H2,1-2H3. The highest BCUT2D eigenvalue weighted by Crippen LogP contribution is 2.28. The van der Waals surface area contributed by atoms with Crippen molar-refractivity contribution in [1.82, 2.24) is 14.5 Å². The number of rotatable bonds is 7. The van der Waals surface area contributed by atoms with Crippen LogP contribution in [0.25, 0.3) is 21.9 Å². The van der Waals surface area contributed by atoms with Crippen LogP contribution in [0.1, 0.15) is 38.3 Å². The molecular formula is C23H24BrFN4O. The van der Waals surface area contributed by atoms with Crippen molar-refractivity contribution in [1.29, 1.82) is 0 Å². The minimum absolute atomic E-state index is 0.0182. The van der Waals surface area contributed by atoms with Gasteiger partial charge in [-0.1, -0.05) is 15.9 Å².